The van der Waals surface area contributed by atoms with Gasteiger partial charge in [-0.05, 0) is 0 Å². The summed E-state index contributed by atoms with van der Waals surface area (Å²) in [4.78, 5) is 0. The third-order valence-electron chi connectivity index (χ3n) is 0. The van der Waals surface area contributed by atoms with E-state index < -0.39 is 0 Å². The van der Waals surface area contributed by atoms with Gasteiger partial charge in [-0.2, -0.15) is 0 Å². The minimum absolute atomic E-state index is 0. The van der Waals surface area contributed by atoms with Crippen molar-refractivity contribution in [3.8, 4) is 0 Å². The van der Waals surface area contributed by atoms with E-state index in [-0.39, 0.29) is 80.6 Å². The van der Waals surface area contributed by atoms with E-state index in [1.807, 2.05) is 0 Å². The molecule has 0 unspecified atom stereocenters. The normalized spacial score (nSPS) is 0. The van der Waals surface area contributed by atoms with E-state index in [1.54, 1.807) is 0 Å². The van der Waals surface area contributed by atoms with Gasteiger partial charge in [0.25, 0.3) is 0 Å². The average Bonchev–Trinajstić information content (AvgIpc) is 0. The molecule has 0 rings (SSSR count). The molecule has 6 radical (unpaired) electrons. The summed E-state index contributed by atoms with van der Waals surface area (Å²) in [6.45, 7) is 0. The maximum atomic E-state index is 0. The predicted molar refractivity (Wildman–Crippen MR) is 5.75 cm³/mol. The van der Waals surface area contributed by atoms with Gasteiger partial charge in [-0.1, -0.05) is 0 Å². The Bertz CT molecular complexity index is 8.00. The van der Waals surface area contributed by atoms with Crippen molar-refractivity contribution in [3.63, 3.8) is 0 Å². The van der Waals surface area contributed by atoms with Crippen LogP contribution in [0.1, 0.15) is 0 Å². The van der Waals surface area contributed by atoms with Crippen LogP contribution >= 0.6 is 0 Å². The van der Waals surface area contributed by atoms with Crippen molar-refractivity contribution in [2.75, 3.05) is 0 Å². The second-order valence-electron chi connectivity index (χ2n) is 0. The number of hydrogen-bond acceptors (Lipinski definition) is 0. The van der Waals surface area contributed by atoms with Crippen LogP contribution in [-0.2, 0) is 53.3 Å². The fraction of sp³-hybridized carbons (Fsp3) is 0. The summed E-state index contributed by atoms with van der Waals surface area (Å²) >= 11 is 0. The van der Waals surface area contributed by atoms with E-state index in [4.69, 9.17) is 0 Å². The van der Waals surface area contributed by atoms with Crippen LogP contribution in [0.15, 0.2) is 0 Å². The van der Waals surface area contributed by atoms with Gasteiger partial charge in [-0.15, -0.1) is 0 Å². The average molecular weight is 395 g/mol. The van der Waals surface area contributed by atoms with Crippen LogP contribution in [0, 0.1) is 0 Å². The van der Waals surface area contributed by atoms with Gasteiger partial charge in [-0.3, -0.25) is 0 Å². The van der Waals surface area contributed by atoms with Gasteiger partial charge in [-0.25, -0.2) is 0 Å². The summed E-state index contributed by atoms with van der Waals surface area (Å²) in [6.07, 6.45) is 0. The van der Waals surface area contributed by atoms with E-state index in [1.165, 1.54) is 0 Å². The van der Waals surface area contributed by atoms with E-state index >= 15 is 0 Å². The molecule has 0 spiro atoms. The zero-order valence-corrected chi connectivity index (χ0v) is 10.7. The van der Waals surface area contributed by atoms with E-state index in [2.05, 4.69) is 0 Å². The Morgan fingerprint density at radius 3 is 1.00 bits per heavy atom. The molecule has 0 aliphatic carbocycles. The van der Waals surface area contributed by atoms with E-state index in [0.29, 0.717) is 0 Å². The Morgan fingerprint density at radius 1 is 1.00 bits per heavy atom. The van der Waals surface area contributed by atoms with Crippen molar-refractivity contribution < 1.29 is 53.3 Å². The Balaban J connectivity index is 0. The van der Waals surface area contributed by atoms with Crippen LogP contribution in [0.25, 0.3) is 0 Å². The fourth-order valence-electron chi connectivity index (χ4n) is 0. The minimum Gasteiger partial charge on any atom is 0 e. The van der Waals surface area contributed by atoms with Crippen LogP contribution < -0.4 is 0 Å². The predicted octanol–water partition coefficient (Wildman–Crippen LogP) is -0.388. The van der Waals surface area contributed by atoms with Crippen molar-refractivity contribution in [1.29, 1.82) is 0 Å². The van der Waals surface area contributed by atoms with Crippen molar-refractivity contribution in [3.05, 3.63) is 0 Å². The summed E-state index contributed by atoms with van der Waals surface area (Å²) in [5, 5.41) is 0. The molecule has 4 heavy (non-hydrogen) atoms. The molecular formula is CoCuPbZn. The maximum Gasteiger partial charge on any atom is 0 e. The van der Waals surface area contributed by atoms with Crippen LogP contribution in [0.5, 0.6) is 0 Å². The number of rotatable bonds is 0. The maximum absolute atomic E-state index is 0. The summed E-state index contributed by atoms with van der Waals surface area (Å²) in [5.74, 6) is 0. The second kappa shape index (κ2) is 17.6. The summed E-state index contributed by atoms with van der Waals surface area (Å²) in [7, 11) is 0. The fourth-order valence-corrected chi connectivity index (χ4v) is 0. The van der Waals surface area contributed by atoms with Crippen molar-refractivity contribution in [1.82, 2.24) is 0 Å². The Kier molecular flexibility index (Phi) is 136. The third kappa shape index (κ3) is 8.82. The van der Waals surface area contributed by atoms with Crippen LogP contribution in [0.4, 0.5) is 0 Å². The first-order valence-corrected chi connectivity index (χ1v) is 0. The van der Waals surface area contributed by atoms with Gasteiger partial charge in [0.1, 0.15) is 0 Å². The first kappa shape index (κ1) is 30.8. The van der Waals surface area contributed by atoms with Gasteiger partial charge in [0, 0.05) is 80.6 Å². The molecule has 4 heteroatoms. The molecule has 0 aliphatic rings. The molecular weight excluding hydrogens is 395 g/mol. The molecule has 0 fully saturated rings. The molecule has 0 amide bonds. The quantitative estimate of drug-likeness (QED) is 0.491. The molecule has 0 heterocycles. The van der Waals surface area contributed by atoms with Crippen molar-refractivity contribution in [2.45, 2.75) is 0 Å². The van der Waals surface area contributed by atoms with Gasteiger partial charge < -0.3 is 0 Å². The molecule has 0 atom stereocenters. The molecule has 0 N–H and O–H groups in total. The summed E-state index contributed by atoms with van der Waals surface area (Å²) in [6, 6.07) is 0. The molecule has 0 aliphatic heterocycles. The number of hydrogen-bond donors (Lipinski definition) is 0. The van der Waals surface area contributed by atoms with Crippen LogP contribution in [-0.4, -0.2) is 27.3 Å². The van der Waals surface area contributed by atoms with Crippen molar-refractivity contribution in [2.24, 2.45) is 0 Å². The summed E-state index contributed by atoms with van der Waals surface area (Å²) < 4.78 is 0. The Hall–Kier alpha value is 2.57. The van der Waals surface area contributed by atoms with Crippen LogP contribution in [0.2, 0.25) is 0 Å². The first-order chi connectivity index (χ1) is 0. The zero-order valence-electron chi connectivity index (χ0n) is 1.84. The standard InChI is InChI=1S/Co.Cu.Pb.Zn. The van der Waals surface area contributed by atoms with Gasteiger partial charge >= 0.3 is 0 Å². The summed E-state index contributed by atoms with van der Waals surface area (Å²) in [5.41, 5.74) is 0. The molecule has 0 saturated carbocycles. The van der Waals surface area contributed by atoms with E-state index in [9.17, 15) is 0 Å². The zero-order chi connectivity index (χ0) is 0. The SMILES string of the molecule is [Co].[Cu].[Pb].[Zn]. The van der Waals surface area contributed by atoms with Crippen LogP contribution in [0.3, 0.4) is 0 Å². The topological polar surface area (TPSA) is 0 Å². The minimum atomic E-state index is 0. The Morgan fingerprint density at radius 2 is 1.00 bits per heavy atom. The molecule has 0 aromatic rings. The van der Waals surface area contributed by atoms with Crippen molar-refractivity contribution >= 4 is 27.3 Å². The molecule has 0 aromatic heterocycles. The molecule has 0 bridgehead atoms. The molecule has 26 valence electrons. The molecule has 0 saturated heterocycles. The van der Waals surface area contributed by atoms with Gasteiger partial charge in [0.05, 0.1) is 0 Å². The monoisotopic (exact) mass is 394 g/mol. The smallest absolute Gasteiger partial charge is 0 e. The largest absolute Gasteiger partial charge is 0 e. The Labute approximate surface area is 79.5 Å². The van der Waals surface area contributed by atoms with Gasteiger partial charge in [0.2, 0.25) is 0 Å². The second-order valence-corrected chi connectivity index (χ2v) is 0. The van der Waals surface area contributed by atoms with Gasteiger partial charge in [0.15, 0.2) is 0 Å². The molecule has 0 aromatic carbocycles. The first-order valence-electron chi connectivity index (χ1n) is 0. The van der Waals surface area contributed by atoms with E-state index in [0.717, 1.165) is 0 Å². The third-order valence-corrected chi connectivity index (χ3v) is 0. The molecule has 0 nitrogen and oxygen atoms in total.